The van der Waals surface area contributed by atoms with E-state index in [-0.39, 0.29) is 0 Å². The number of esters is 1. The minimum absolute atomic E-state index is 0.446. The smallest absolute Gasteiger partial charge is 0.337 e. The van der Waals surface area contributed by atoms with Crippen LogP contribution in [-0.4, -0.2) is 40.4 Å². The number of aliphatic hydroxyl groups is 1. The maximum atomic E-state index is 10.9. The molecule has 6 heteroatoms. The van der Waals surface area contributed by atoms with Gasteiger partial charge >= 0.3 is 11.9 Å². The first-order valence-electron chi connectivity index (χ1n) is 3.63. The number of carboxylic acid groups (broad SMARTS) is 1. The summed E-state index contributed by atoms with van der Waals surface area (Å²) in [5.74, 6) is -2.16. The first-order valence-corrected chi connectivity index (χ1v) is 3.63. The molecule has 0 aromatic carbocycles. The Morgan fingerprint density at radius 1 is 1.54 bits per heavy atom. The van der Waals surface area contributed by atoms with Crippen LogP contribution in [0.2, 0.25) is 0 Å². The van der Waals surface area contributed by atoms with Gasteiger partial charge in [-0.15, -0.1) is 0 Å². The van der Waals surface area contributed by atoms with Gasteiger partial charge in [0, 0.05) is 0 Å². The fourth-order valence-corrected chi connectivity index (χ4v) is 0.413. The van der Waals surface area contributed by atoms with Crippen molar-refractivity contribution in [3.05, 3.63) is 0 Å². The molecule has 1 atom stereocenters. The molecular formula is C7H13NO5. The van der Waals surface area contributed by atoms with Gasteiger partial charge in [0.05, 0.1) is 0 Å². The Balaban J connectivity index is 3.91. The highest BCUT2D eigenvalue weighted by molar-refractivity contribution is 5.79. The summed E-state index contributed by atoms with van der Waals surface area (Å²) in [6.45, 7) is 2.03. The summed E-state index contributed by atoms with van der Waals surface area (Å²) in [5, 5.41) is 17.4. The van der Waals surface area contributed by atoms with E-state index in [0.29, 0.717) is 0 Å². The Hall–Kier alpha value is -1.14. The summed E-state index contributed by atoms with van der Waals surface area (Å²) in [5.41, 5.74) is 3.42. The summed E-state index contributed by atoms with van der Waals surface area (Å²) in [6.07, 6.45) is 0. The van der Waals surface area contributed by atoms with Gasteiger partial charge in [-0.2, -0.15) is 0 Å². The molecule has 0 aliphatic rings. The molecule has 6 nitrogen and oxygen atoms in total. The van der Waals surface area contributed by atoms with Crippen LogP contribution in [-0.2, 0) is 14.3 Å². The van der Waals surface area contributed by atoms with Crippen LogP contribution in [0, 0.1) is 0 Å². The Labute approximate surface area is 75.3 Å². The average Bonchev–Trinajstić information content (AvgIpc) is 1.97. The Morgan fingerprint density at radius 2 is 2.00 bits per heavy atom. The minimum Gasteiger partial charge on any atom is -0.480 e. The van der Waals surface area contributed by atoms with Gasteiger partial charge in [0.25, 0.3) is 0 Å². The largest absolute Gasteiger partial charge is 0.480 e. The molecule has 0 saturated heterocycles. The van der Waals surface area contributed by atoms with Crippen LogP contribution >= 0.6 is 0 Å². The van der Waals surface area contributed by atoms with E-state index in [9.17, 15) is 9.59 Å². The summed E-state index contributed by atoms with van der Waals surface area (Å²) >= 11 is 0. The van der Waals surface area contributed by atoms with Crippen LogP contribution in [0.4, 0.5) is 0 Å². The number of hydrogen-bond acceptors (Lipinski definition) is 5. The molecule has 0 amide bonds. The summed E-state index contributed by atoms with van der Waals surface area (Å²) in [7, 11) is 0. The number of hydrogen-bond donors (Lipinski definition) is 3. The molecular weight excluding hydrogens is 178 g/mol. The minimum atomic E-state index is -1.63. The zero-order valence-electron chi connectivity index (χ0n) is 7.48. The summed E-state index contributed by atoms with van der Waals surface area (Å²) in [4.78, 5) is 21.1. The lowest BCUT2D eigenvalue weighted by molar-refractivity contribution is -0.163. The highest BCUT2D eigenvalue weighted by Crippen LogP contribution is 2.03. The van der Waals surface area contributed by atoms with E-state index >= 15 is 0 Å². The van der Waals surface area contributed by atoms with Crippen LogP contribution in [0.5, 0.6) is 0 Å². The van der Waals surface area contributed by atoms with E-state index < -0.39 is 30.2 Å². The van der Waals surface area contributed by atoms with Gasteiger partial charge in [-0.25, -0.2) is 4.79 Å². The van der Waals surface area contributed by atoms with Crippen molar-refractivity contribution in [1.82, 2.24) is 0 Å². The SMILES string of the molecule is CC(C)(O)C(=O)OC[C@H](N)C(=O)O. The summed E-state index contributed by atoms with van der Waals surface area (Å²) < 4.78 is 4.43. The normalized spacial score (nSPS) is 13.5. The molecule has 0 heterocycles. The molecule has 0 aliphatic heterocycles. The molecule has 0 radical (unpaired) electrons. The number of carboxylic acids is 1. The van der Waals surface area contributed by atoms with Gasteiger partial charge in [0.15, 0.2) is 5.60 Å². The van der Waals surface area contributed by atoms with Crippen molar-refractivity contribution in [3.63, 3.8) is 0 Å². The van der Waals surface area contributed by atoms with Crippen molar-refractivity contribution in [1.29, 1.82) is 0 Å². The van der Waals surface area contributed by atoms with E-state index in [2.05, 4.69) is 4.74 Å². The number of carbonyl (C=O) groups is 2. The topological polar surface area (TPSA) is 110 Å². The van der Waals surface area contributed by atoms with E-state index in [0.717, 1.165) is 0 Å². The third-order valence-electron chi connectivity index (χ3n) is 1.21. The predicted octanol–water partition coefficient (Wildman–Crippen LogP) is -1.29. The van der Waals surface area contributed by atoms with Gasteiger partial charge in [0.1, 0.15) is 12.6 Å². The molecule has 0 aromatic rings. The van der Waals surface area contributed by atoms with E-state index in [1.54, 1.807) is 0 Å². The van der Waals surface area contributed by atoms with Crippen molar-refractivity contribution >= 4 is 11.9 Å². The lowest BCUT2D eigenvalue weighted by atomic mass is 10.1. The van der Waals surface area contributed by atoms with Crippen molar-refractivity contribution in [2.45, 2.75) is 25.5 Å². The quantitative estimate of drug-likeness (QED) is 0.477. The molecule has 0 saturated carbocycles. The third kappa shape index (κ3) is 4.44. The molecule has 0 aliphatic carbocycles. The number of carbonyl (C=O) groups excluding carboxylic acids is 1. The van der Waals surface area contributed by atoms with E-state index in [1.807, 2.05) is 0 Å². The van der Waals surface area contributed by atoms with Gasteiger partial charge in [-0.3, -0.25) is 4.79 Å². The van der Waals surface area contributed by atoms with E-state index in [4.69, 9.17) is 15.9 Å². The standard InChI is InChI=1S/C7H13NO5/c1-7(2,12)6(11)13-3-4(8)5(9)10/h4,12H,3,8H2,1-2H3,(H,9,10)/t4-/m0/s1. The van der Waals surface area contributed by atoms with Gasteiger partial charge in [0.2, 0.25) is 0 Å². The Morgan fingerprint density at radius 3 is 2.31 bits per heavy atom. The van der Waals surface area contributed by atoms with Crippen LogP contribution in [0.25, 0.3) is 0 Å². The molecule has 0 bridgehead atoms. The van der Waals surface area contributed by atoms with Crippen molar-refractivity contribution in [2.75, 3.05) is 6.61 Å². The third-order valence-corrected chi connectivity index (χ3v) is 1.21. The first-order chi connectivity index (χ1) is 5.75. The number of nitrogens with two attached hydrogens (primary N) is 1. The molecule has 13 heavy (non-hydrogen) atoms. The zero-order chi connectivity index (χ0) is 10.6. The Bertz CT molecular complexity index is 207. The number of ether oxygens (including phenoxy) is 1. The monoisotopic (exact) mass is 191 g/mol. The second-order valence-corrected chi connectivity index (χ2v) is 3.10. The van der Waals surface area contributed by atoms with Crippen LogP contribution in [0.3, 0.4) is 0 Å². The fraction of sp³-hybridized carbons (Fsp3) is 0.714. The van der Waals surface area contributed by atoms with Crippen LogP contribution < -0.4 is 5.73 Å². The Kier molecular flexibility index (Phi) is 3.83. The summed E-state index contributed by atoms with van der Waals surface area (Å²) in [6, 6.07) is -1.26. The molecule has 0 fully saturated rings. The molecule has 4 N–H and O–H groups in total. The fourth-order valence-electron chi connectivity index (χ4n) is 0.413. The molecule has 0 spiro atoms. The average molecular weight is 191 g/mol. The highest BCUT2D eigenvalue weighted by atomic mass is 16.6. The molecule has 76 valence electrons. The van der Waals surface area contributed by atoms with Crippen molar-refractivity contribution < 1.29 is 24.5 Å². The maximum absolute atomic E-state index is 10.9. The number of aliphatic carboxylic acids is 1. The van der Waals surface area contributed by atoms with Crippen molar-refractivity contribution in [3.8, 4) is 0 Å². The second kappa shape index (κ2) is 4.20. The lowest BCUT2D eigenvalue weighted by Crippen LogP contribution is -2.40. The second-order valence-electron chi connectivity index (χ2n) is 3.10. The van der Waals surface area contributed by atoms with Gasteiger partial charge in [-0.05, 0) is 13.8 Å². The molecule has 0 rings (SSSR count). The molecule has 0 unspecified atom stereocenters. The van der Waals surface area contributed by atoms with Gasteiger partial charge < -0.3 is 20.7 Å². The highest BCUT2D eigenvalue weighted by Gasteiger charge is 2.26. The van der Waals surface area contributed by atoms with Crippen molar-refractivity contribution in [2.24, 2.45) is 5.73 Å². The lowest BCUT2D eigenvalue weighted by Gasteiger charge is -2.16. The number of rotatable bonds is 4. The predicted molar refractivity (Wildman–Crippen MR) is 42.9 cm³/mol. The van der Waals surface area contributed by atoms with Gasteiger partial charge in [-0.1, -0.05) is 0 Å². The maximum Gasteiger partial charge on any atom is 0.337 e. The first kappa shape index (κ1) is 11.9. The van der Waals surface area contributed by atoms with Crippen LogP contribution in [0.1, 0.15) is 13.8 Å². The van der Waals surface area contributed by atoms with E-state index in [1.165, 1.54) is 13.8 Å². The molecule has 0 aromatic heterocycles. The zero-order valence-corrected chi connectivity index (χ0v) is 7.48. The van der Waals surface area contributed by atoms with Crippen LogP contribution in [0.15, 0.2) is 0 Å².